The predicted octanol–water partition coefficient (Wildman–Crippen LogP) is 3.67. The first kappa shape index (κ1) is 23.3. The molecule has 4 aromatic rings. The fourth-order valence-electron chi connectivity index (χ4n) is 4.05. The third kappa shape index (κ3) is 4.33. The molecule has 4 N–H and O–H groups in total. The van der Waals surface area contributed by atoms with Gasteiger partial charge in [0.25, 0.3) is 11.8 Å². The van der Waals surface area contributed by atoms with E-state index in [1.165, 1.54) is 6.20 Å². The van der Waals surface area contributed by atoms with Gasteiger partial charge in [-0.1, -0.05) is 0 Å². The number of fused-ring (bicyclic) bond motifs is 1. The van der Waals surface area contributed by atoms with Gasteiger partial charge in [-0.05, 0) is 55.8 Å². The molecule has 5 rings (SSSR count). The van der Waals surface area contributed by atoms with Crippen LogP contribution in [0.15, 0.2) is 53.4 Å². The molecule has 1 amide bonds. The first-order chi connectivity index (χ1) is 17.2. The Hall–Kier alpha value is -4.45. The van der Waals surface area contributed by atoms with E-state index >= 15 is 0 Å². The fraction of sp³-hybridized carbons (Fsp3) is 0.208. The van der Waals surface area contributed by atoms with Crippen molar-refractivity contribution in [2.24, 2.45) is 0 Å². The lowest BCUT2D eigenvalue weighted by atomic mass is 9.94. The summed E-state index contributed by atoms with van der Waals surface area (Å²) in [4.78, 5) is 21.0. The Bertz CT molecular complexity index is 1440. The van der Waals surface area contributed by atoms with Gasteiger partial charge < -0.3 is 25.5 Å². The molecule has 3 heterocycles. The van der Waals surface area contributed by atoms with Gasteiger partial charge in [-0.3, -0.25) is 4.79 Å². The van der Waals surface area contributed by atoms with Crippen LogP contribution in [0.5, 0.6) is 0 Å². The van der Waals surface area contributed by atoms with Crippen molar-refractivity contribution in [3.63, 3.8) is 0 Å². The normalized spacial score (nSPS) is 14.8. The van der Waals surface area contributed by atoms with Crippen LogP contribution >= 0.6 is 0 Å². The predicted molar refractivity (Wildman–Crippen MR) is 125 cm³/mol. The molecular weight excluding hydrogens is 472 g/mol. The van der Waals surface area contributed by atoms with E-state index in [2.05, 4.69) is 36.1 Å². The van der Waals surface area contributed by atoms with E-state index < -0.39 is 29.8 Å². The third-order valence-electron chi connectivity index (χ3n) is 5.83. The van der Waals surface area contributed by atoms with Crippen molar-refractivity contribution in [1.29, 1.82) is 0 Å². The van der Waals surface area contributed by atoms with Crippen molar-refractivity contribution in [3.05, 3.63) is 77.3 Å². The molecule has 10 nitrogen and oxygen atoms in total. The average molecular weight is 493 g/mol. The van der Waals surface area contributed by atoms with Crippen molar-refractivity contribution in [2.45, 2.75) is 25.4 Å². The maximum atomic E-state index is 14.4. The molecule has 0 aliphatic carbocycles. The van der Waals surface area contributed by atoms with Crippen LogP contribution in [0.25, 0.3) is 11.5 Å². The summed E-state index contributed by atoms with van der Waals surface area (Å²) in [6.45, 7) is 3.24. The Morgan fingerprint density at radius 2 is 2.00 bits per heavy atom. The number of nitrogens with zero attached hydrogens (tertiary/aromatic N) is 4. The van der Waals surface area contributed by atoms with Crippen LogP contribution < -0.4 is 16.0 Å². The van der Waals surface area contributed by atoms with Gasteiger partial charge in [-0.2, -0.15) is 4.98 Å². The number of rotatable bonds is 7. The minimum atomic E-state index is -1.04. The van der Waals surface area contributed by atoms with Crippen molar-refractivity contribution in [2.75, 3.05) is 17.2 Å². The molecule has 12 heteroatoms. The maximum Gasteiger partial charge on any atom is 0.252 e. The minimum Gasteiger partial charge on any atom is -0.423 e. The zero-order valence-electron chi connectivity index (χ0n) is 19.2. The number of halogens is 2. The molecule has 0 bridgehead atoms. The first-order valence-electron chi connectivity index (χ1n) is 10.9. The largest absolute Gasteiger partial charge is 0.423 e. The molecule has 0 fully saturated rings. The van der Waals surface area contributed by atoms with Gasteiger partial charge in [0.2, 0.25) is 12.3 Å². The van der Waals surface area contributed by atoms with Crippen LogP contribution in [-0.4, -0.2) is 37.8 Å². The Balaban J connectivity index is 1.50. The van der Waals surface area contributed by atoms with E-state index in [-0.39, 0.29) is 34.7 Å². The third-order valence-corrected chi connectivity index (χ3v) is 5.83. The summed E-state index contributed by atoms with van der Waals surface area (Å²) in [5.74, 6) is -1.11. The van der Waals surface area contributed by atoms with Gasteiger partial charge in [0.05, 0.1) is 23.8 Å². The van der Waals surface area contributed by atoms with Crippen LogP contribution in [-0.2, 0) is 5.54 Å². The topological polar surface area (TPSA) is 138 Å². The van der Waals surface area contributed by atoms with Crippen molar-refractivity contribution >= 4 is 23.4 Å². The smallest absolute Gasteiger partial charge is 0.252 e. The molecule has 2 aromatic carbocycles. The van der Waals surface area contributed by atoms with E-state index in [9.17, 15) is 18.7 Å². The summed E-state index contributed by atoms with van der Waals surface area (Å²) in [5, 5.41) is 26.4. The van der Waals surface area contributed by atoms with Crippen LogP contribution in [0.4, 0.5) is 26.2 Å². The maximum absolute atomic E-state index is 14.4. The number of aliphatic hydroxyl groups is 1. The monoisotopic (exact) mass is 493 g/mol. The molecule has 2 aromatic heterocycles. The van der Waals surface area contributed by atoms with Crippen molar-refractivity contribution in [3.8, 4) is 11.5 Å². The van der Waals surface area contributed by atoms with Crippen LogP contribution in [0.1, 0.15) is 41.4 Å². The first-order valence-corrected chi connectivity index (χ1v) is 10.9. The Labute approximate surface area is 203 Å². The second-order valence-electron chi connectivity index (χ2n) is 8.71. The molecular formula is C24H21F2N7O3. The van der Waals surface area contributed by atoms with E-state index in [0.717, 1.165) is 30.2 Å². The Morgan fingerprint density at radius 1 is 1.17 bits per heavy atom. The second-order valence-corrected chi connectivity index (χ2v) is 8.71. The van der Waals surface area contributed by atoms with E-state index in [1.807, 2.05) is 19.9 Å². The summed E-state index contributed by atoms with van der Waals surface area (Å²) in [6.07, 6.45) is 2.55. The molecule has 0 saturated carbocycles. The SMILES string of the molecule is CC1(C)NC(=O)c2ccc(Nc3ncc(-c4nnco4)c(N[C@H](CO)c4cc(F)ccc4F)n3)cc21. The molecule has 0 unspecified atom stereocenters. The van der Waals surface area contributed by atoms with Crippen LogP contribution in [0.3, 0.4) is 0 Å². The molecule has 1 aliphatic heterocycles. The number of nitrogens with one attached hydrogen (secondary N) is 3. The number of amides is 1. The van der Waals surface area contributed by atoms with E-state index in [4.69, 9.17) is 4.42 Å². The van der Waals surface area contributed by atoms with Gasteiger partial charge in [0.15, 0.2) is 0 Å². The summed E-state index contributed by atoms with van der Waals surface area (Å²) < 4.78 is 33.5. The number of carbonyl (C=O) groups is 1. The highest BCUT2D eigenvalue weighted by atomic mass is 19.1. The number of aromatic nitrogens is 4. The second kappa shape index (κ2) is 8.96. The Morgan fingerprint density at radius 3 is 2.75 bits per heavy atom. The standard InChI is InChI=1S/C24H21F2N7O3/c1-24(2)17-8-13(4-5-14(17)21(35)32-24)29-23-27-9-16(22-33-28-11-36-22)20(31-23)30-19(10-34)15-7-12(25)3-6-18(15)26/h3-9,11,19,34H,10H2,1-2H3,(H,32,35)(H2,27,29,30,31)/t19-/m1/s1. The summed E-state index contributed by atoms with van der Waals surface area (Å²) in [6, 6.07) is 7.19. The summed E-state index contributed by atoms with van der Waals surface area (Å²) >= 11 is 0. The zero-order chi connectivity index (χ0) is 25.4. The van der Waals surface area contributed by atoms with Gasteiger partial charge in [-0.25, -0.2) is 13.8 Å². The molecule has 0 radical (unpaired) electrons. The number of aliphatic hydroxyl groups excluding tert-OH is 1. The summed E-state index contributed by atoms with van der Waals surface area (Å²) in [5.41, 5.74) is 1.70. The number of anilines is 3. The van der Waals surface area contributed by atoms with E-state index in [1.54, 1.807) is 12.1 Å². The lowest BCUT2D eigenvalue weighted by Crippen LogP contribution is -2.32. The fourth-order valence-corrected chi connectivity index (χ4v) is 4.05. The van der Waals surface area contributed by atoms with Crippen molar-refractivity contribution in [1.82, 2.24) is 25.5 Å². The highest BCUT2D eigenvalue weighted by molar-refractivity contribution is 6.00. The molecule has 0 spiro atoms. The molecule has 36 heavy (non-hydrogen) atoms. The lowest BCUT2D eigenvalue weighted by Gasteiger charge is -2.20. The number of carbonyl (C=O) groups excluding carboxylic acids is 1. The zero-order valence-corrected chi connectivity index (χ0v) is 19.2. The number of hydrogen-bond donors (Lipinski definition) is 4. The Kier molecular flexibility index (Phi) is 5.80. The highest BCUT2D eigenvalue weighted by Crippen LogP contribution is 2.34. The van der Waals surface area contributed by atoms with Gasteiger partial charge in [0.1, 0.15) is 17.5 Å². The van der Waals surface area contributed by atoms with Crippen LogP contribution in [0, 0.1) is 11.6 Å². The highest BCUT2D eigenvalue weighted by Gasteiger charge is 2.35. The van der Waals surface area contributed by atoms with Gasteiger partial charge in [0, 0.05) is 23.0 Å². The quantitative estimate of drug-likeness (QED) is 0.304. The average Bonchev–Trinajstić information content (AvgIpc) is 3.46. The molecule has 184 valence electrons. The van der Waals surface area contributed by atoms with Crippen molar-refractivity contribution < 1.29 is 23.1 Å². The number of benzene rings is 2. The summed E-state index contributed by atoms with van der Waals surface area (Å²) in [7, 11) is 0. The minimum absolute atomic E-state index is 0.0832. The van der Waals surface area contributed by atoms with Gasteiger partial charge in [-0.15, -0.1) is 10.2 Å². The lowest BCUT2D eigenvalue weighted by molar-refractivity contribution is 0.0940. The molecule has 0 saturated heterocycles. The van der Waals surface area contributed by atoms with Gasteiger partial charge >= 0.3 is 0 Å². The molecule has 1 atom stereocenters. The van der Waals surface area contributed by atoms with Crippen LogP contribution in [0.2, 0.25) is 0 Å². The molecule has 1 aliphatic rings. The van der Waals surface area contributed by atoms with E-state index in [0.29, 0.717) is 11.3 Å². The number of hydrogen-bond acceptors (Lipinski definition) is 9.